The van der Waals surface area contributed by atoms with Crippen LogP contribution in [0.4, 0.5) is 5.95 Å². The van der Waals surface area contributed by atoms with Crippen LogP contribution in [0.15, 0.2) is 58.2 Å². The molecule has 11 nitrogen and oxygen atoms in total. The number of nitrogens with zero attached hydrogens (tertiary/aromatic N) is 6. The maximum Gasteiger partial charge on any atom is 0.297 e. The lowest BCUT2D eigenvalue weighted by molar-refractivity contribution is 0.296. The van der Waals surface area contributed by atoms with E-state index in [4.69, 9.17) is 14.3 Å². The van der Waals surface area contributed by atoms with Crippen LogP contribution in [0.2, 0.25) is 0 Å². The number of hydrogen-bond donors (Lipinski definition) is 1. The molecule has 12 heteroatoms. The Labute approximate surface area is 176 Å². The lowest BCUT2D eigenvalue weighted by atomic mass is 10.2. The maximum atomic E-state index is 12.4. The second-order valence-corrected chi connectivity index (χ2v) is 8.43. The van der Waals surface area contributed by atoms with Crippen molar-refractivity contribution in [2.45, 2.75) is 18.4 Å². The van der Waals surface area contributed by atoms with Crippen molar-refractivity contribution in [2.75, 3.05) is 12.3 Å². The molecule has 5 aromatic rings. The van der Waals surface area contributed by atoms with Gasteiger partial charge in [0.05, 0.1) is 35.9 Å². The van der Waals surface area contributed by atoms with Gasteiger partial charge in [0.1, 0.15) is 0 Å². The molecule has 31 heavy (non-hydrogen) atoms. The molecule has 4 heterocycles. The Balaban J connectivity index is 1.41. The summed E-state index contributed by atoms with van der Waals surface area (Å²) in [6, 6.07) is 9.92. The minimum Gasteiger partial charge on any atom is -0.461 e. The number of fused-ring (bicyclic) bond motifs is 3. The summed E-state index contributed by atoms with van der Waals surface area (Å²) in [4.78, 5) is 8.92. The van der Waals surface area contributed by atoms with Crippen LogP contribution in [0.5, 0.6) is 0 Å². The quantitative estimate of drug-likeness (QED) is 0.393. The van der Waals surface area contributed by atoms with Gasteiger partial charge in [0.2, 0.25) is 11.8 Å². The monoisotopic (exact) mass is 439 g/mol. The minimum absolute atomic E-state index is 0.0985. The molecule has 0 aliphatic rings. The third kappa shape index (κ3) is 3.41. The van der Waals surface area contributed by atoms with Crippen LogP contribution in [0.25, 0.3) is 28.3 Å². The highest BCUT2D eigenvalue weighted by Gasteiger charge is 2.19. The highest BCUT2D eigenvalue weighted by Crippen LogP contribution is 2.23. The van der Waals surface area contributed by atoms with Gasteiger partial charge in [-0.05, 0) is 31.2 Å². The van der Waals surface area contributed by atoms with Crippen molar-refractivity contribution in [3.05, 3.63) is 54.4 Å². The summed E-state index contributed by atoms with van der Waals surface area (Å²) in [5.74, 6) is 0.979. The van der Waals surface area contributed by atoms with E-state index in [0.29, 0.717) is 28.3 Å². The van der Waals surface area contributed by atoms with E-state index < -0.39 is 10.1 Å². The number of nitrogens with two attached hydrogens (primary N) is 1. The molecule has 0 radical (unpaired) electrons. The van der Waals surface area contributed by atoms with Crippen LogP contribution in [-0.4, -0.2) is 44.4 Å². The fourth-order valence-electron chi connectivity index (χ4n) is 3.14. The second-order valence-electron chi connectivity index (χ2n) is 6.81. The molecule has 0 bridgehead atoms. The van der Waals surface area contributed by atoms with Crippen molar-refractivity contribution in [3.63, 3.8) is 0 Å². The molecule has 0 spiro atoms. The minimum atomic E-state index is -3.87. The molecule has 158 valence electrons. The van der Waals surface area contributed by atoms with Gasteiger partial charge in [-0.1, -0.05) is 17.7 Å². The molecule has 0 fully saturated rings. The molecule has 5 rings (SSSR count). The third-order valence-corrected chi connectivity index (χ3v) is 6.02. The van der Waals surface area contributed by atoms with Gasteiger partial charge in [0, 0.05) is 0 Å². The largest absolute Gasteiger partial charge is 0.461 e. The van der Waals surface area contributed by atoms with Crippen LogP contribution in [0, 0.1) is 6.92 Å². The normalized spacial score (nSPS) is 12.2. The maximum absolute atomic E-state index is 12.4. The standard InChI is InChI=1S/C19H17N7O4S/c1-12-4-6-13(7-5-12)31(27,28)30-10-8-25-17-14(11-21-25)18-22-16(15-3-2-9-29-15)24-26(18)19(20)23-17/h2-7,9,11H,8,10H2,1H3,(H2,20,23). The number of hydrogen-bond acceptors (Lipinski definition) is 9. The summed E-state index contributed by atoms with van der Waals surface area (Å²) < 4.78 is 38.1. The molecule has 0 saturated carbocycles. The highest BCUT2D eigenvalue weighted by atomic mass is 32.2. The molecular formula is C19H17N7O4S. The van der Waals surface area contributed by atoms with Gasteiger partial charge in [-0.25, -0.2) is 9.67 Å². The van der Waals surface area contributed by atoms with Gasteiger partial charge in [-0.15, -0.1) is 5.10 Å². The van der Waals surface area contributed by atoms with E-state index in [2.05, 4.69) is 20.2 Å². The Bertz CT molecular complexity index is 1490. The molecular weight excluding hydrogens is 422 g/mol. The van der Waals surface area contributed by atoms with Gasteiger partial charge < -0.3 is 10.2 Å². The molecule has 0 amide bonds. The van der Waals surface area contributed by atoms with Crippen molar-refractivity contribution >= 4 is 32.7 Å². The number of furan rings is 1. The van der Waals surface area contributed by atoms with Crippen LogP contribution in [0.1, 0.15) is 5.56 Å². The molecule has 0 aliphatic carbocycles. The number of anilines is 1. The first-order chi connectivity index (χ1) is 14.9. The Morgan fingerprint density at radius 1 is 1.13 bits per heavy atom. The van der Waals surface area contributed by atoms with Crippen molar-refractivity contribution in [1.82, 2.24) is 29.4 Å². The summed E-state index contributed by atoms with van der Waals surface area (Å²) in [5, 5.41) is 9.23. The van der Waals surface area contributed by atoms with Crippen LogP contribution in [0.3, 0.4) is 0 Å². The van der Waals surface area contributed by atoms with E-state index in [0.717, 1.165) is 5.56 Å². The molecule has 0 saturated heterocycles. The number of nitrogen functional groups attached to an aromatic ring is 1. The molecule has 1 aromatic carbocycles. The van der Waals surface area contributed by atoms with Crippen LogP contribution in [-0.2, 0) is 20.8 Å². The Kier molecular flexibility index (Phi) is 4.45. The van der Waals surface area contributed by atoms with Gasteiger partial charge in [-0.3, -0.25) is 4.18 Å². The number of aryl methyl sites for hydroxylation is 1. The Morgan fingerprint density at radius 3 is 2.68 bits per heavy atom. The lowest BCUT2D eigenvalue weighted by Crippen LogP contribution is -2.13. The van der Waals surface area contributed by atoms with Crippen molar-refractivity contribution in [2.24, 2.45) is 0 Å². The number of rotatable bonds is 6. The lowest BCUT2D eigenvalue weighted by Gasteiger charge is -2.07. The third-order valence-electron chi connectivity index (χ3n) is 4.69. The average Bonchev–Trinajstić information content (AvgIpc) is 3.48. The number of benzene rings is 1. The highest BCUT2D eigenvalue weighted by molar-refractivity contribution is 7.86. The van der Waals surface area contributed by atoms with Gasteiger partial charge in [0.25, 0.3) is 10.1 Å². The summed E-state index contributed by atoms with van der Waals surface area (Å²) in [6.45, 7) is 1.91. The van der Waals surface area contributed by atoms with Gasteiger partial charge >= 0.3 is 0 Å². The van der Waals surface area contributed by atoms with Gasteiger partial charge in [0.15, 0.2) is 17.1 Å². The van der Waals surface area contributed by atoms with Crippen LogP contribution < -0.4 is 5.73 Å². The van der Waals surface area contributed by atoms with Crippen LogP contribution >= 0.6 is 0 Å². The fourth-order valence-corrected chi connectivity index (χ4v) is 4.04. The van der Waals surface area contributed by atoms with E-state index >= 15 is 0 Å². The smallest absolute Gasteiger partial charge is 0.297 e. The first kappa shape index (κ1) is 19.2. The van der Waals surface area contributed by atoms with E-state index in [1.165, 1.54) is 27.6 Å². The van der Waals surface area contributed by atoms with Crippen molar-refractivity contribution in [1.29, 1.82) is 0 Å². The second kappa shape index (κ2) is 7.18. The van der Waals surface area contributed by atoms with E-state index in [9.17, 15) is 8.42 Å². The summed E-state index contributed by atoms with van der Waals surface area (Å²) >= 11 is 0. The van der Waals surface area contributed by atoms with Crippen molar-refractivity contribution in [3.8, 4) is 11.6 Å². The summed E-state index contributed by atoms with van der Waals surface area (Å²) in [5.41, 5.74) is 7.92. The topological polar surface area (TPSA) is 143 Å². The molecule has 0 aliphatic heterocycles. The predicted molar refractivity (Wildman–Crippen MR) is 111 cm³/mol. The summed E-state index contributed by atoms with van der Waals surface area (Å²) in [6.07, 6.45) is 3.10. The molecule has 4 aromatic heterocycles. The zero-order valence-corrected chi connectivity index (χ0v) is 17.2. The predicted octanol–water partition coefficient (Wildman–Crippen LogP) is 2.03. The Morgan fingerprint density at radius 2 is 1.94 bits per heavy atom. The zero-order valence-electron chi connectivity index (χ0n) is 16.3. The molecule has 2 N–H and O–H groups in total. The van der Waals surface area contributed by atoms with Gasteiger partial charge in [-0.2, -0.15) is 23.0 Å². The van der Waals surface area contributed by atoms with E-state index in [-0.39, 0.29) is 24.0 Å². The van der Waals surface area contributed by atoms with Crippen molar-refractivity contribution < 1.29 is 17.0 Å². The average molecular weight is 439 g/mol. The SMILES string of the molecule is Cc1ccc(S(=O)(=O)OCCn2ncc3c2nc(N)n2nc(-c4ccco4)nc32)cc1. The molecule has 0 unspecified atom stereocenters. The fraction of sp³-hybridized carbons (Fsp3) is 0.158. The van der Waals surface area contributed by atoms with E-state index in [1.807, 2.05) is 6.92 Å². The summed E-state index contributed by atoms with van der Waals surface area (Å²) in [7, 11) is -3.87. The first-order valence-corrected chi connectivity index (χ1v) is 10.7. The van der Waals surface area contributed by atoms with E-state index in [1.54, 1.807) is 30.5 Å². The Hall–Kier alpha value is -3.77. The first-order valence-electron chi connectivity index (χ1n) is 9.30. The number of aromatic nitrogens is 6. The molecule has 0 atom stereocenters. The zero-order chi connectivity index (χ0) is 21.6.